The van der Waals surface area contributed by atoms with Gasteiger partial charge in [-0.2, -0.15) is 0 Å². The lowest BCUT2D eigenvalue weighted by atomic mass is 10.1. The summed E-state index contributed by atoms with van der Waals surface area (Å²) in [6, 6.07) is 15.8. The van der Waals surface area contributed by atoms with Crippen molar-refractivity contribution in [2.24, 2.45) is 0 Å². The minimum Gasteiger partial charge on any atom is -0.351 e. The molecule has 1 aliphatic heterocycles. The van der Waals surface area contributed by atoms with E-state index in [0.29, 0.717) is 18.7 Å². The highest BCUT2D eigenvalue weighted by molar-refractivity contribution is 5.96. The zero-order valence-corrected chi connectivity index (χ0v) is 14.0. The largest absolute Gasteiger partial charge is 0.351 e. The second kappa shape index (κ2) is 7.92. The maximum absolute atomic E-state index is 13.3. The van der Waals surface area contributed by atoms with Gasteiger partial charge in [-0.25, -0.2) is 4.39 Å². The number of carbonyl (C=O) groups excluding carboxylic acids is 2. The van der Waals surface area contributed by atoms with Gasteiger partial charge in [0, 0.05) is 25.1 Å². The van der Waals surface area contributed by atoms with Gasteiger partial charge in [-0.05, 0) is 36.6 Å². The monoisotopic (exact) mass is 340 g/mol. The van der Waals surface area contributed by atoms with Crippen LogP contribution in [-0.2, 0) is 16.0 Å². The topological polar surface area (TPSA) is 49.4 Å². The zero-order chi connectivity index (χ0) is 17.6. The van der Waals surface area contributed by atoms with Crippen LogP contribution in [0, 0.1) is 5.82 Å². The van der Waals surface area contributed by atoms with Crippen LogP contribution < -0.4 is 10.2 Å². The number of benzene rings is 2. The first-order chi connectivity index (χ1) is 12.1. The van der Waals surface area contributed by atoms with Gasteiger partial charge in [0.1, 0.15) is 5.82 Å². The van der Waals surface area contributed by atoms with Crippen molar-refractivity contribution in [3.63, 3.8) is 0 Å². The maximum atomic E-state index is 13.3. The first-order valence-electron chi connectivity index (χ1n) is 8.51. The van der Waals surface area contributed by atoms with Gasteiger partial charge in [-0.15, -0.1) is 0 Å². The smallest absolute Gasteiger partial charge is 0.229 e. The van der Waals surface area contributed by atoms with Crippen LogP contribution in [0.25, 0.3) is 0 Å². The summed E-state index contributed by atoms with van der Waals surface area (Å²) in [6.07, 6.45) is 2.30. The van der Waals surface area contributed by atoms with E-state index in [2.05, 4.69) is 5.32 Å². The molecule has 2 aromatic rings. The Hall–Kier alpha value is -2.69. The molecule has 0 unspecified atom stereocenters. The predicted molar refractivity (Wildman–Crippen MR) is 94.7 cm³/mol. The van der Waals surface area contributed by atoms with Gasteiger partial charge in [-0.3, -0.25) is 9.59 Å². The highest BCUT2D eigenvalue weighted by atomic mass is 19.1. The number of aryl methyl sites for hydroxylation is 1. The Bertz CT molecular complexity index is 748. The number of nitrogens with one attached hydrogen (secondary N) is 1. The van der Waals surface area contributed by atoms with Crippen molar-refractivity contribution in [1.82, 2.24) is 5.32 Å². The van der Waals surface area contributed by atoms with E-state index in [0.717, 1.165) is 12.8 Å². The number of nitrogens with zero attached hydrogens (tertiary/aromatic N) is 1. The van der Waals surface area contributed by atoms with Gasteiger partial charge in [-0.1, -0.05) is 36.4 Å². The van der Waals surface area contributed by atoms with E-state index in [1.54, 1.807) is 12.1 Å². The second-order valence-electron chi connectivity index (χ2n) is 6.29. The van der Waals surface area contributed by atoms with Crippen molar-refractivity contribution in [3.05, 3.63) is 66.0 Å². The molecule has 1 heterocycles. The number of amides is 2. The number of anilines is 1. The van der Waals surface area contributed by atoms with Crippen LogP contribution in [0.3, 0.4) is 0 Å². The molecule has 1 atom stereocenters. The molecule has 0 bridgehead atoms. The molecule has 2 amide bonds. The maximum Gasteiger partial charge on any atom is 0.229 e. The van der Waals surface area contributed by atoms with Gasteiger partial charge in [0.15, 0.2) is 0 Å². The summed E-state index contributed by atoms with van der Waals surface area (Å²) in [7, 11) is 0. The molecule has 25 heavy (non-hydrogen) atoms. The molecule has 3 rings (SSSR count). The Morgan fingerprint density at radius 3 is 2.72 bits per heavy atom. The third-order valence-electron chi connectivity index (χ3n) is 4.32. The first-order valence-corrected chi connectivity index (χ1v) is 8.51. The van der Waals surface area contributed by atoms with Gasteiger partial charge >= 0.3 is 0 Å². The minimum atomic E-state index is -0.376. The lowest BCUT2D eigenvalue weighted by Crippen LogP contribution is -2.37. The quantitative estimate of drug-likeness (QED) is 0.879. The zero-order valence-electron chi connectivity index (χ0n) is 14.0. The third kappa shape index (κ3) is 4.66. The second-order valence-corrected chi connectivity index (χ2v) is 6.29. The summed E-state index contributed by atoms with van der Waals surface area (Å²) < 4.78 is 13.3. The fourth-order valence-electron chi connectivity index (χ4n) is 3.10. The molecule has 0 spiro atoms. The number of carbonyl (C=O) groups is 2. The molecule has 1 fully saturated rings. The Labute approximate surface area is 146 Å². The van der Waals surface area contributed by atoms with Crippen LogP contribution in [0.15, 0.2) is 54.6 Å². The van der Waals surface area contributed by atoms with Crippen molar-refractivity contribution in [2.75, 3.05) is 11.4 Å². The van der Waals surface area contributed by atoms with Crippen LogP contribution in [0.1, 0.15) is 24.8 Å². The Balaban J connectivity index is 1.47. The summed E-state index contributed by atoms with van der Waals surface area (Å²) >= 11 is 0. The molecule has 5 heteroatoms. The normalized spacial score (nSPS) is 16.9. The van der Waals surface area contributed by atoms with Crippen LogP contribution in [-0.4, -0.2) is 24.4 Å². The summed E-state index contributed by atoms with van der Waals surface area (Å²) in [4.78, 5) is 25.7. The van der Waals surface area contributed by atoms with Crippen molar-refractivity contribution in [2.45, 2.75) is 31.7 Å². The summed E-state index contributed by atoms with van der Waals surface area (Å²) in [5, 5.41) is 2.91. The van der Waals surface area contributed by atoms with Crippen LogP contribution in [0.2, 0.25) is 0 Å². The molecule has 4 nitrogen and oxygen atoms in total. The van der Waals surface area contributed by atoms with E-state index in [9.17, 15) is 14.0 Å². The van der Waals surface area contributed by atoms with E-state index >= 15 is 0 Å². The van der Waals surface area contributed by atoms with Gasteiger partial charge < -0.3 is 10.2 Å². The number of rotatable bonds is 6. The van der Waals surface area contributed by atoms with Crippen molar-refractivity contribution >= 4 is 17.5 Å². The average molecular weight is 340 g/mol. The predicted octanol–water partition coefficient (Wildman–Crippen LogP) is 3.07. The Kier molecular flexibility index (Phi) is 5.43. The molecule has 1 saturated heterocycles. The van der Waals surface area contributed by atoms with E-state index in [4.69, 9.17) is 0 Å². The SMILES string of the molecule is O=C(CCCc1ccccc1)N[C@H]1CC(=O)N(c2cccc(F)c2)C1. The number of halogens is 1. The molecule has 0 radical (unpaired) electrons. The number of hydrogen-bond donors (Lipinski definition) is 1. The molecule has 1 aliphatic rings. The minimum absolute atomic E-state index is 0.0465. The fourth-order valence-corrected chi connectivity index (χ4v) is 3.10. The highest BCUT2D eigenvalue weighted by Gasteiger charge is 2.31. The lowest BCUT2D eigenvalue weighted by Gasteiger charge is -2.17. The Morgan fingerprint density at radius 1 is 1.16 bits per heavy atom. The van der Waals surface area contributed by atoms with E-state index in [-0.39, 0.29) is 30.1 Å². The van der Waals surface area contributed by atoms with Crippen LogP contribution in [0.5, 0.6) is 0 Å². The van der Waals surface area contributed by atoms with E-state index in [1.165, 1.54) is 22.6 Å². The molecular formula is C20H21FN2O2. The molecule has 0 aliphatic carbocycles. The van der Waals surface area contributed by atoms with Gasteiger partial charge in [0.25, 0.3) is 0 Å². The van der Waals surface area contributed by atoms with Crippen molar-refractivity contribution in [3.8, 4) is 0 Å². The molecular weight excluding hydrogens is 319 g/mol. The van der Waals surface area contributed by atoms with Crippen LogP contribution in [0.4, 0.5) is 10.1 Å². The first kappa shape index (κ1) is 17.1. The van der Waals surface area contributed by atoms with Crippen LogP contribution >= 0.6 is 0 Å². The molecule has 0 aromatic heterocycles. The summed E-state index contributed by atoms with van der Waals surface area (Å²) in [5.41, 5.74) is 1.74. The lowest BCUT2D eigenvalue weighted by molar-refractivity contribution is -0.121. The Morgan fingerprint density at radius 2 is 1.96 bits per heavy atom. The summed E-state index contributed by atoms with van der Waals surface area (Å²) in [5.74, 6) is -0.520. The van der Waals surface area contributed by atoms with E-state index < -0.39 is 0 Å². The van der Waals surface area contributed by atoms with Gasteiger partial charge in [0.05, 0.1) is 6.04 Å². The van der Waals surface area contributed by atoms with Gasteiger partial charge in [0.2, 0.25) is 11.8 Å². The van der Waals surface area contributed by atoms with E-state index in [1.807, 2.05) is 30.3 Å². The fraction of sp³-hybridized carbons (Fsp3) is 0.300. The third-order valence-corrected chi connectivity index (χ3v) is 4.32. The average Bonchev–Trinajstić information content (AvgIpc) is 2.96. The standard InChI is InChI=1S/C20H21FN2O2/c21-16-9-5-10-18(12-16)23-14-17(13-20(23)25)22-19(24)11-4-8-15-6-2-1-3-7-15/h1-3,5-7,9-10,12,17H,4,8,11,13-14H2,(H,22,24)/t17-/m0/s1. The molecule has 1 N–H and O–H groups in total. The molecule has 0 saturated carbocycles. The summed E-state index contributed by atoms with van der Waals surface area (Å²) in [6.45, 7) is 0.382. The highest BCUT2D eigenvalue weighted by Crippen LogP contribution is 2.22. The molecule has 130 valence electrons. The molecule has 2 aromatic carbocycles. The van der Waals surface area contributed by atoms with Crippen molar-refractivity contribution < 1.29 is 14.0 Å². The number of hydrogen-bond acceptors (Lipinski definition) is 2. The van der Waals surface area contributed by atoms with Crippen molar-refractivity contribution in [1.29, 1.82) is 0 Å².